The van der Waals surface area contributed by atoms with Crippen LogP contribution in [0.4, 0.5) is 17.2 Å². The minimum Gasteiger partial charge on any atom is -0.475 e. The Morgan fingerprint density at radius 2 is 1.94 bits per heavy atom. The molecule has 1 aromatic carbocycles. The van der Waals surface area contributed by atoms with Gasteiger partial charge in [0.1, 0.15) is 12.4 Å². The minimum absolute atomic E-state index is 0.198. The van der Waals surface area contributed by atoms with E-state index in [4.69, 9.17) is 10.5 Å². The van der Waals surface area contributed by atoms with Gasteiger partial charge in [-0.3, -0.25) is 9.78 Å². The Morgan fingerprint density at radius 3 is 2.71 bits per heavy atom. The Balaban J connectivity index is 1.15. The Morgan fingerprint density at radius 1 is 1.09 bits per heavy atom. The number of nitrogens with two attached hydrogens (primary N) is 1. The third-order valence-electron chi connectivity index (χ3n) is 6.90. The molecule has 5 rings (SSSR count). The van der Waals surface area contributed by atoms with Crippen molar-refractivity contribution in [2.45, 2.75) is 19.4 Å². The molecule has 8 heteroatoms. The molecule has 4 heterocycles. The molecule has 0 bridgehead atoms. The summed E-state index contributed by atoms with van der Waals surface area (Å²) in [6.45, 7) is 8.37. The van der Waals surface area contributed by atoms with Gasteiger partial charge in [-0.05, 0) is 49.8 Å². The van der Waals surface area contributed by atoms with E-state index in [1.54, 1.807) is 24.5 Å². The number of para-hydroxylation sites is 2. The first-order chi connectivity index (χ1) is 17.0. The summed E-state index contributed by atoms with van der Waals surface area (Å²) in [6, 6.07) is 14.9. The zero-order valence-corrected chi connectivity index (χ0v) is 19.7. The van der Waals surface area contributed by atoms with E-state index in [0.717, 1.165) is 56.3 Å². The highest BCUT2D eigenvalue weighted by atomic mass is 16.5. The maximum absolute atomic E-state index is 12.6. The molecule has 1 atom stereocenters. The standard InChI is InChI=1S/C27H30N6O2/c1-20(35-17-21-5-4-12-29-15-21)32-13-10-27(18-32)11-14-33(19-27)25-9-8-22(16-30-25)26(34)31-24-7-3-2-6-23(24)28/h2-9,12,15-16H,1,10-11,13-14,17-19,28H2,(H,31,34). The number of ether oxygens (including phenoxy) is 1. The largest absolute Gasteiger partial charge is 0.475 e. The summed E-state index contributed by atoms with van der Waals surface area (Å²) in [4.78, 5) is 25.9. The van der Waals surface area contributed by atoms with Crippen LogP contribution in [0.5, 0.6) is 0 Å². The minimum atomic E-state index is -0.226. The monoisotopic (exact) mass is 470 g/mol. The molecular weight excluding hydrogens is 440 g/mol. The first-order valence-corrected chi connectivity index (χ1v) is 11.8. The number of likely N-dealkylation sites (tertiary alicyclic amines) is 1. The van der Waals surface area contributed by atoms with Gasteiger partial charge >= 0.3 is 0 Å². The number of anilines is 3. The summed E-state index contributed by atoms with van der Waals surface area (Å²) in [6.07, 6.45) is 7.39. The highest BCUT2D eigenvalue weighted by Gasteiger charge is 2.44. The summed E-state index contributed by atoms with van der Waals surface area (Å²) in [5.74, 6) is 1.38. The van der Waals surface area contributed by atoms with Crippen molar-refractivity contribution in [1.82, 2.24) is 14.9 Å². The van der Waals surface area contributed by atoms with E-state index in [9.17, 15) is 4.79 Å². The number of nitrogens with zero attached hydrogens (tertiary/aromatic N) is 4. The van der Waals surface area contributed by atoms with Crippen LogP contribution >= 0.6 is 0 Å². The van der Waals surface area contributed by atoms with Crippen molar-refractivity contribution in [2.24, 2.45) is 5.41 Å². The normalized spacial score (nSPS) is 19.2. The second kappa shape index (κ2) is 9.66. The molecule has 2 saturated heterocycles. The number of hydrogen-bond donors (Lipinski definition) is 2. The Bertz CT molecular complexity index is 1200. The van der Waals surface area contributed by atoms with Crippen LogP contribution in [0.25, 0.3) is 0 Å². The highest BCUT2D eigenvalue weighted by Crippen LogP contribution is 2.41. The molecule has 2 aliphatic rings. The second-order valence-corrected chi connectivity index (χ2v) is 9.33. The average Bonchev–Trinajstić information content (AvgIpc) is 3.51. The summed E-state index contributed by atoms with van der Waals surface area (Å²) >= 11 is 0. The molecule has 1 unspecified atom stereocenters. The number of amides is 1. The molecule has 8 nitrogen and oxygen atoms in total. The van der Waals surface area contributed by atoms with Gasteiger partial charge in [0, 0.05) is 55.7 Å². The van der Waals surface area contributed by atoms with E-state index in [2.05, 4.69) is 31.7 Å². The van der Waals surface area contributed by atoms with E-state index >= 15 is 0 Å². The van der Waals surface area contributed by atoms with Crippen LogP contribution in [0.2, 0.25) is 0 Å². The van der Waals surface area contributed by atoms with Crippen molar-refractivity contribution in [3.05, 3.63) is 90.7 Å². The molecule has 0 aliphatic carbocycles. The SMILES string of the molecule is C=C(OCc1cccnc1)N1CCC2(CCN(c3ccc(C(=O)Nc4ccccc4N)cn3)C2)C1. The molecule has 3 aromatic rings. The number of benzene rings is 1. The van der Waals surface area contributed by atoms with Gasteiger partial charge < -0.3 is 25.6 Å². The molecule has 35 heavy (non-hydrogen) atoms. The lowest BCUT2D eigenvalue weighted by atomic mass is 9.86. The third kappa shape index (κ3) is 5.06. The zero-order chi connectivity index (χ0) is 24.3. The second-order valence-electron chi connectivity index (χ2n) is 9.33. The molecule has 1 amide bonds. The maximum atomic E-state index is 12.6. The summed E-state index contributed by atoms with van der Waals surface area (Å²) in [5, 5.41) is 2.84. The van der Waals surface area contributed by atoms with Crippen molar-refractivity contribution in [1.29, 1.82) is 0 Å². The van der Waals surface area contributed by atoms with Crippen LogP contribution < -0.4 is 16.0 Å². The van der Waals surface area contributed by atoms with E-state index in [1.807, 2.05) is 42.6 Å². The molecule has 2 aromatic heterocycles. The summed E-state index contributed by atoms with van der Waals surface area (Å²) in [7, 11) is 0. The van der Waals surface area contributed by atoms with Crippen LogP contribution in [-0.4, -0.2) is 47.0 Å². The van der Waals surface area contributed by atoms with E-state index in [-0.39, 0.29) is 11.3 Å². The number of aromatic nitrogens is 2. The molecule has 180 valence electrons. The third-order valence-corrected chi connectivity index (χ3v) is 6.90. The lowest BCUT2D eigenvalue weighted by Gasteiger charge is -2.26. The van der Waals surface area contributed by atoms with Crippen molar-refractivity contribution in [3.63, 3.8) is 0 Å². The van der Waals surface area contributed by atoms with Gasteiger partial charge in [-0.2, -0.15) is 0 Å². The molecule has 1 spiro atoms. The predicted molar refractivity (Wildman–Crippen MR) is 137 cm³/mol. The smallest absolute Gasteiger partial charge is 0.257 e. The molecular formula is C27H30N6O2. The number of pyridine rings is 2. The number of nitrogen functional groups attached to an aromatic ring is 1. The van der Waals surface area contributed by atoms with Crippen LogP contribution in [0, 0.1) is 5.41 Å². The lowest BCUT2D eigenvalue weighted by molar-refractivity contribution is 0.102. The fourth-order valence-electron chi connectivity index (χ4n) is 4.87. The lowest BCUT2D eigenvalue weighted by Crippen LogP contribution is -2.31. The molecule has 2 fully saturated rings. The van der Waals surface area contributed by atoms with Crippen LogP contribution in [0.1, 0.15) is 28.8 Å². The van der Waals surface area contributed by atoms with Gasteiger partial charge in [0.05, 0.1) is 16.9 Å². The summed E-state index contributed by atoms with van der Waals surface area (Å²) < 4.78 is 5.93. The van der Waals surface area contributed by atoms with Gasteiger partial charge in [0.15, 0.2) is 5.88 Å². The molecule has 2 aliphatic heterocycles. The van der Waals surface area contributed by atoms with E-state index in [1.165, 1.54) is 0 Å². The number of rotatable bonds is 7. The first-order valence-electron chi connectivity index (χ1n) is 11.8. The fourth-order valence-corrected chi connectivity index (χ4v) is 4.87. The Kier molecular flexibility index (Phi) is 6.27. The van der Waals surface area contributed by atoms with Gasteiger partial charge in [-0.1, -0.05) is 18.2 Å². The van der Waals surface area contributed by atoms with Crippen molar-refractivity contribution < 1.29 is 9.53 Å². The van der Waals surface area contributed by atoms with Gasteiger partial charge in [-0.15, -0.1) is 0 Å². The van der Waals surface area contributed by atoms with Crippen LogP contribution in [-0.2, 0) is 11.3 Å². The highest BCUT2D eigenvalue weighted by molar-refractivity contribution is 6.05. The molecule has 0 saturated carbocycles. The average molecular weight is 471 g/mol. The topological polar surface area (TPSA) is 96.6 Å². The zero-order valence-electron chi connectivity index (χ0n) is 19.7. The first kappa shape index (κ1) is 22.7. The summed E-state index contributed by atoms with van der Waals surface area (Å²) in [5.41, 5.74) is 8.78. The van der Waals surface area contributed by atoms with Gasteiger partial charge in [0.25, 0.3) is 5.91 Å². The van der Waals surface area contributed by atoms with Crippen molar-refractivity contribution in [3.8, 4) is 0 Å². The van der Waals surface area contributed by atoms with E-state index < -0.39 is 0 Å². The van der Waals surface area contributed by atoms with Crippen molar-refractivity contribution in [2.75, 3.05) is 42.1 Å². The maximum Gasteiger partial charge on any atom is 0.257 e. The number of hydrogen-bond acceptors (Lipinski definition) is 7. The fraction of sp³-hybridized carbons (Fsp3) is 0.296. The van der Waals surface area contributed by atoms with Crippen molar-refractivity contribution >= 4 is 23.1 Å². The number of nitrogens with one attached hydrogen (secondary N) is 1. The van der Waals surface area contributed by atoms with Gasteiger partial charge in [0.2, 0.25) is 0 Å². The van der Waals surface area contributed by atoms with Gasteiger partial charge in [-0.25, -0.2) is 4.98 Å². The molecule has 0 radical (unpaired) electrons. The van der Waals surface area contributed by atoms with Crippen LogP contribution in [0.3, 0.4) is 0 Å². The number of carbonyl (C=O) groups is 1. The Labute approximate surface area is 205 Å². The Hall–Kier alpha value is -4.07. The predicted octanol–water partition coefficient (Wildman–Crippen LogP) is 3.90. The van der Waals surface area contributed by atoms with Crippen LogP contribution in [0.15, 0.2) is 79.6 Å². The molecule has 3 N–H and O–H groups in total. The quantitative estimate of drug-likeness (QED) is 0.399. The van der Waals surface area contributed by atoms with E-state index in [0.29, 0.717) is 23.5 Å². The number of carbonyl (C=O) groups excluding carboxylic acids is 1.